The van der Waals surface area contributed by atoms with E-state index in [1.165, 1.54) is 38.0 Å². The lowest BCUT2D eigenvalue weighted by Gasteiger charge is -2.48. The molecule has 0 aliphatic carbocycles. The lowest BCUT2D eigenvalue weighted by atomic mass is 9.83. The molecule has 0 saturated carbocycles. The minimum Gasteiger partial charge on any atom is -0.310 e. The average Bonchev–Trinajstić information content (AvgIpc) is 2.97. The maximum atomic E-state index is 4.53. The van der Waals surface area contributed by atoms with Crippen LogP contribution in [0.2, 0.25) is 0 Å². The smallest absolute Gasteiger partial charge is 0.0673 e. The summed E-state index contributed by atoms with van der Waals surface area (Å²) in [4.78, 5) is 2.70. The SMILES string of the molecule is CCCn1nccc1C(NC)C(C)(CC)N1CCCCC1. The van der Waals surface area contributed by atoms with Gasteiger partial charge in [0.25, 0.3) is 0 Å². The zero-order valence-corrected chi connectivity index (χ0v) is 14.2. The van der Waals surface area contributed by atoms with Gasteiger partial charge in [0.05, 0.1) is 11.7 Å². The van der Waals surface area contributed by atoms with Crippen LogP contribution in [0.5, 0.6) is 0 Å². The highest BCUT2D eigenvalue weighted by Crippen LogP contribution is 2.35. The maximum Gasteiger partial charge on any atom is 0.0673 e. The van der Waals surface area contributed by atoms with Gasteiger partial charge >= 0.3 is 0 Å². The van der Waals surface area contributed by atoms with Gasteiger partial charge in [0.15, 0.2) is 0 Å². The number of nitrogens with one attached hydrogen (secondary N) is 1. The predicted molar refractivity (Wildman–Crippen MR) is 88.4 cm³/mol. The van der Waals surface area contributed by atoms with E-state index in [0.717, 1.165) is 19.4 Å². The molecule has 2 atom stereocenters. The number of piperidine rings is 1. The second-order valence-electron chi connectivity index (χ2n) is 6.46. The third-order valence-electron chi connectivity index (χ3n) is 5.19. The van der Waals surface area contributed by atoms with Gasteiger partial charge in [-0.3, -0.25) is 9.58 Å². The van der Waals surface area contributed by atoms with Crippen molar-refractivity contribution in [3.8, 4) is 0 Å². The van der Waals surface area contributed by atoms with E-state index >= 15 is 0 Å². The molecule has 1 aromatic rings. The summed E-state index contributed by atoms with van der Waals surface area (Å²) in [5.41, 5.74) is 1.48. The summed E-state index contributed by atoms with van der Waals surface area (Å²) in [5.74, 6) is 0. The molecule has 1 N–H and O–H groups in total. The monoisotopic (exact) mass is 292 g/mol. The zero-order chi connectivity index (χ0) is 15.3. The van der Waals surface area contributed by atoms with Crippen LogP contribution < -0.4 is 5.32 Å². The minimum atomic E-state index is 0.153. The van der Waals surface area contributed by atoms with Crippen molar-refractivity contribution in [1.29, 1.82) is 0 Å². The van der Waals surface area contributed by atoms with Crippen LogP contribution in [-0.4, -0.2) is 40.4 Å². The van der Waals surface area contributed by atoms with Crippen molar-refractivity contribution < 1.29 is 0 Å². The van der Waals surface area contributed by atoms with E-state index in [9.17, 15) is 0 Å². The molecule has 4 heteroatoms. The first-order valence-corrected chi connectivity index (χ1v) is 8.61. The number of likely N-dealkylation sites (tertiary alicyclic amines) is 1. The Kier molecular flexibility index (Phi) is 5.82. The molecule has 2 unspecified atom stereocenters. The minimum absolute atomic E-state index is 0.153. The number of aromatic nitrogens is 2. The van der Waals surface area contributed by atoms with Gasteiger partial charge in [-0.1, -0.05) is 20.3 Å². The molecule has 2 rings (SSSR count). The summed E-state index contributed by atoms with van der Waals surface area (Å²) in [5, 5.41) is 8.12. The second kappa shape index (κ2) is 7.41. The Morgan fingerprint density at radius 2 is 2.00 bits per heavy atom. The maximum absolute atomic E-state index is 4.53. The number of nitrogens with zero attached hydrogens (tertiary/aromatic N) is 3. The fourth-order valence-electron chi connectivity index (χ4n) is 3.78. The second-order valence-corrected chi connectivity index (χ2v) is 6.46. The molecular formula is C17H32N4. The average molecular weight is 292 g/mol. The van der Waals surface area contributed by atoms with Gasteiger partial charge in [-0.15, -0.1) is 0 Å². The number of hydrogen-bond donors (Lipinski definition) is 1. The Bertz CT molecular complexity index is 422. The van der Waals surface area contributed by atoms with E-state index in [4.69, 9.17) is 0 Å². The fourth-order valence-corrected chi connectivity index (χ4v) is 3.78. The number of hydrogen-bond acceptors (Lipinski definition) is 3. The van der Waals surface area contributed by atoms with Gasteiger partial charge in [-0.05, 0) is 58.8 Å². The highest BCUT2D eigenvalue weighted by molar-refractivity contribution is 5.15. The molecular weight excluding hydrogens is 260 g/mol. The molecule has 0 spiro atoms. The van der Waals surface area contributed by atoms with Crippen molar-refractivity contribution >= 4 is 0 Å². The van der Waals surface area contributed by atoms with Crippen LogP contribution in [0.3, 0.4) is 0 Å². The summed E-state index contributed by atoms with van der Waals surface area (Å²) < 4.78 is 2.18. The number of aryl methyl sites for hydroxylation is 1. The molecule has 120 valence electrons. The largest absolute Gasteiger partial charge is 0.310 e. The molecule has 0 aromatic carbocycles. The normalized spacial score (nSPS) is 21.1. The van der Waals surface area contributed by atoms with Crippen LogP contribution in [-0.2, 0) is 6.54 Å². The molecule has 1 aliphatic rings. The Labute approximate surface area is 129 Å². The standard InChI is InChI=1S/C17H32N4/c1-5-12-21-15(10-11-19-21)16(18-4)17(3,6-2)20-13-8-7-9-14-20/h10-11,16,18H,5-9,12-14H2,1-4H3. The highest BCUT2D eigenvalue weighted by Gasteiger charge is 2.40. The quantitative estimate of drug-likeness (QED) is 0.838. The first-order valence-electron chi connectivity index (χ1n) is 8.61. The molecule has 0 amide bonds. The number of rotatable bonds is 7. The predicted octanol–water partition coefficient (Wildman–Crippen LogP) is 3.21. The van der Waals surface area contributed by atoms with E-state index in [2.05, 4.69) is 53.9 Å². The molecule has 1 saturated heterocycles. The third-order valence-corrected chi connectivity index (χ3v) is 5.19. The Morgan fingerprint density at radius 3 is 2.57 bits per heavy atom. The first-order chi connectivity index (χ1) is 10.2. The first kappa shape index (κ1) is 16.5. The van der Waals surface area contributed by atoms with Gasteiger partial charge in [-0.25, -0.2) is 0 Å². The van der Waals surface area contributed by atoms with Gasteiger partial charge in [0.2, 0.25) is 0 Å². The van der Waals surface area contributed by atoms with Crippen molar-refractivity contribution in [1.82, 2.24) is 20.0 Å². The van der Waals surface area contributed by atoms with Crippen LogP contribution in [0.1, 0.15) is 64.6 Å². The van der Waals surface area contributed by atoms with Crippen LogP contribution >= 0.6 is 0 Å². The number of likely N-dealkylation sites (N-methyl/N-ethyl adjacent to an activating group) is 1. The Morgan fingerprint density at radius 1 is 1.29 bits per heavy atom. The van der Waals surface area contributed by atoms with Crippen molar-refractivity contribution in [2.24, 2.45) is 0 Å². The lowest BCUT2D eigenvalue weighted by Crippen LogP contribution is -2.55. The summed E-state index contributed by atoms with van der Waals surface area (Å²) in [6.07, 6.45) is 8.27. The van der Waals surface area contributed by atoms with Crippen LogP contribution in [0.15, 0.2) is 12.3 Å². The molecule has 1 fully saturated rings. The molecule has 4 nitrogen and oxygen atoms in total. The molecule has 2 heterocycles. The summed E-state index contributed by atoms with van der Waals surface area (Å²) in [7, 11) is 2.09. The zero-order valence-electron chi connectivity index (χ0n) is 14.2. The van der Waals surface area contributed by atoms with Crippen molar-refractivity contribution in [3.63, 3.8) is 0 Å². The lowest BCUT2D eigenvalue weighted by molar-refractivity contribution is 0.0420. The van der Waals surface area contributed by atoms with Gasteiger partial charge in [-0.2, -0.15) is 5.10 Å². The summed E-state index contributed by atoms with van der Waals surface area (Å²) in [6, 6.07) is 2.52. The van der Waals surface area contributed by atoms with Crippen LogP contribution in [0, 0.1) is 0 Å². The van der Waals surface area contributed by atoms with E-state index < -0.39 is 0 Å². The topological polar surface area (TPSA) is 33.1 Å². The van der Waals surface area contributed by atoms with Crippen LogP contribution in [0.4, 0.5) is 0 Å². The molecule has 1 aromatic heterocycles. The highest BCUT2D eigenvalue weighted by atomic mass is 15.3. The van der Waals surface area contributed by atoms with Crippen LogP contribution in [0.25, 0.3) is 0 Å². The van der Waals surface area contributed by atoms with Crippen molar-refractivity contribution in [2.75, 3.05) is 20.1 Å². The third kappa shape index (κ3) is 3.32. The van der Waals surface area contributed by atoms with Gasteiger partial charge in [0, 0.05) is 18.3 Å². The molecule has 0 bridgehead atoms. The molecule has 1 aliphatic heterocycles. The van der Waals surface area contributed by atoms with Crippen molar-refractivity contribution in [2.45, 2.75) is 71.0 Å². The van der Waals surface area contributed by atoms with Gasteiger partial charge in [0.1, 0.15) is 0 Å². The van der Waals surface area contributed by atoms with E-state index in [0.29, 0.717) is 6.04 Å². The van der Waals surface area contributed by atoms with E-state index in [1.807, 2.05) is 6.20 Å². The van der Waals surface area contributed by atoms with E-state index in [1.54, 1.807) is 0 Å². The summed E-state index contributed by atoms with van der Waals surface area (Å²) >= 11 is 0. The van der Waals surface area contributed by atoms with Gasteiger partial charge < -0.3 is 5.32 Å². The summed E-state index contributed by atoms with van der Waals surface area (Å²) in [6.45, 7) is 10.4. The molecule has 0 radical (unpaired) electrons. The Balaban J connectivity index is 2.29. The van der Waals surface area contributed by atoms with Crippen molar-refractivity contribution in [3.05, 3.63) is 18.0 Å². The fraction of sp³-hybridized carbons (Fsp3) is 0.824. The van der Waals surface area contributed by atoms with E-state index in [-0.39, 0.29) is 5.54 Å². The molecule has 21 heavy (non-hydrogen) atoms. The Hall–Kier alpha value is -0.870.